The zero-order chi connectivity index (χ0) is 16.0. The molecule has 0 aliphatic carbocycles. The molecule has 5 heteroatoms. The Labute approximate surface area is 132 Å². The van der Waals surface area contributed by atoms with E-state index in [1.165, 1.54) is 15.3 Å². The SMILES string of the molecule is Cc1cc(CNCCC(C)NC(=O)OC(C)(C)C)c(C)s1. The smallest absolute Gasteiger partial charge is 0.407 e. The van der Waals surface area contributed by atoms with Gasteiger partial charge in [-0.1, -0.05) is 0 Å². The molecule has 0 bridgehead atoms. The Balaban J connectivity index is 2.20. The predicted octanol–water partition coefficient (Wildman–Crippen LogP) is 3.76. The van der Waals surface area contributed by atoms with Crippen LogP contribution in [0.4, 0.5) is 4.79 Å². The average Bonchev–Trinajstić information content (AvgIpc) is 2.60. The second kappa shape index (κ2) is 7.80. The van der Waals surface area contributed by atoms with Crippen LogP contribution in [0.2, 0.25) is 0 Å². The van der Waals surface area contributed by atoms with Crippen LogP contribution in [0.25, 0.3) is 0 Å². The largest absolute Gasteiger partial charge is 0.444 e. The summed E-state index contributed by atoms with van der Waals surface area (Å²) in [7, 11) is 0. The third-order valence-corrected chi connectivity index (χ3v) is 3.98. The third-order valence-electron chi connectivity index (χ3n) is 2.98. The molecule has 1 aromatic rings. The van der Waals surface area contributed by atoms with Crippen molar-refractivity contribution >= 4 is 17.4 Å². The number of hydrogen-bond acceptors (Lipinski definition) is 4. The Bertz CT molecular complexity index is 463. The molecule has 0 aliphatic heterocycles. The van der Waals surface area contributed by atoms with Gasteiger partial charge in [-0.15, -0.1) is 11.3 Å². The number of carbonyl (C=O) groups is 1. The molecule has 2 N–H and O–H groups in total. The summed E-state index contributed by atoms with van der Waals surface area (Å²) in [5.74, 6) is 0. The van der Waals surface area contributed by atoms with Crippen LogP contribution in [0, 0.1) is 13.8 Å². The van der Waals surface area contributed by atoms with Gasteiger partial charge >= 0.3 is 6.09 Å². The Morgan fingerprint density at radius 2 is 2.05 bits per heavy atom. The van der Waals surface area contributed by atoms with Crippen LogP contribution >= 0.6 is 11.3 Å². The molecular weight excluding hydrogens is 284 g/mol. The highest BCUT2D eigenvalue weighted by atomic mass is 32.1. The van der Waals surface area contributed by atoms with Gasteiger partial charge in [0.2, 0.25) is 0 Å². The van der Waals surface area contributed by atoms with Gasteiger partial charge in [-0.2, -0.15) is 0 Å². The summed E-state index contributed by atoms with van der Waals surface area (Å²) >= 11 is 1.83. The molecule has 1 aromatic heterocycles. The molecule has 1 amide bonds. The molecular formula is C16H28N2O2S. The lowest BCUT2D eigenvalue weighted by Crippen LogP contribution is -2.38. The number of thiophene rings is 1. The Hall–Kier alpha value is -1.07. The van der Waals surface area contributed by atoms with Crippen LogP contribution < -0.4 is 10.6 Å². The quantitative estimate of drug-likeness (QED) is 0.786. The average molecular weight is 312 g/mol. The van der Waals surface area contributed by atoms with E-state index in [0.29, 0.717) is 0 Å². The van der Waals surface area contributed by atoms with Gasteiger partial charge in [0.25, 0.3) is 0 Å². The lowest BCUT2D eigenvalue weighted by molar-refractivity contribution is 0.0506. The van der Waals surface area contributed by atoms with E-state index in [4.69, 9.17) is 4.74 Å². The second-order valence-corrected chi connectivity index (χ2v) is 7.91. The molecule has 1 heterocycles. The van der Waals surface area contributed by atoms with Crippen LogP contribution in [0.15, 0.2) is 6.07 Å². The normalized spacial score (nSPS) is 13.0. The number of amides is 1. The zero-order valence-corrected chi connectivity index (χ0v) is 14.8. The Morgan fingerprint density at radius 1 is 1.38 bits per heavy atom. The molecule has 0 radical (unpaired) electrons. The van der Waals surface area contributed by atoms with E-state index in [0.717, 1.165) is 19.5 Å². The van der Waals surface area contributed by atoms with Crippen molar-refractivity contribution in [1.82, 2.24) is 10.6 Å². The second-order valence-electron chi connectivity index (χ2n) is 6.45. The highest BCUT2D eigenvalue weighted by Crippen LogP contribution is 2.20. The highest BCUT2D eigenvalue weighted by Gasteiger charge is 2.17. The number of rotatable bonds is 6. The molecule has 120 valence electrons. The Morgan fingerprint density at radius 3 is 2.57 bits per heavy atom. The van der Waals surface area contributed by atoms with E-state index in [2.05, 4.69) is 30.5 Å². The third kappa shape index (κ3) is 7.48. The minimum atomic E-state index is -0.448. The van der Waals surface area contributed by atoms with E-state index >= 15 is 0 Å². The molecule has 1 rings (SSSR count). The molecule has 4 nitrogen and oxygen atoms in total. The number of ether oxygens (including phenoxy) is 1. The van der Waals surface area contributed by atoms with E-state index in [1.54, 1.807) is 0 Å². The van der Waals surface area contributed by atoms with Gasteiger partial charge in [-0.05, 0) is 66.1 Å². The molecule has 0 aliphatic rings. The molecule has 1 unspecified atom stereocenters. The van der Waals surface area contributed by atoms with Crippen molar-refractivity contribution in [2.45, 2.75) is 66.2 Å². The van der Waals surface area contributed by atoms with Gasteiger partial charge in [0.05, 0.1) is 0 Å². The minimum Gasteiger partial charge on any atom is -0.444 e. The first-order valence-electron chi connectivity index (χ1n) is 7.43. The van der Waals surface area contributed by atoms with Gasteiger partial charge in [-0.25, -0.2) is 4.79 Å². The van der Waals surface area contributed by atoms with Gasteiger partial charge in [0, 0.05) is 22.3 Å². The summed E-state index contributed by atoms with van der Waals surface area (Å²) in [6, 6.07) is 2.33. The van der Waals surface area contributed by atoms with Gasteiger partial charge in [-0.3, -0.25) is 0 Å². The summed E-state index contributed by atoms with van der Waals surface area (Å²) in [6.45, 7) is 13.6. The fourth-order valence-corrected chi connectivity index (χ4v) is 2.93. The van der Waals surface area contributed by atoms with Gasteiger partial charge < -0.3 is 15.4 Å². The van der Waals surface area contributed by atoms with Crippen LogP contribution in [0.1, 0.15) is 49.4 Å². The van der Waals surface area contributed by atoms with Crippen molar-refractivity contribution in [3.8, 4) is 0 Å². The van der Waals surface area contributed by atoms with Crippen molar-refractivity contribution in [2.75, 3.05) is 6.54 Å². The zero-order valence-electron chi connectivity index (χ0n) is 14.0. The molecule has 0 fully saturated rings. The minimum absolute atomic E-state index is 0.0951. The van der Waals surface area contributed by atoms with Crippen LogP contribution in [0.5, 0.6) is 0 Å². The van der Waals surface area contributed by atoms with E-state index in [-0.39, 0.29) is 12.1 Å². The molecule has 21 heavy (non-hydrogen) atoms. The first kappa shape index (κ1) is 18.0. The van der Waals surface area contributed by atoms with Gasteiger partial charge in [0.15, 0.2) is 0 Å². The standard InChI is InChI=1S/C16H28N2O2S/c1-11(18-15(19)20-16(4,5)6)7-8-17-10-14-9-12(2)21-13(14)3/h9,11,17H,7-8,10H2,1-6H3,(H,18,19). The van der Waals surface area contributed by atoms with Crippen molar-refractivity contribution in [3.63, 3.8) is 0 Å². The molecule has 1 atom stereocenters. The topological polar surface area (TPSA) is 50.4 Å². The maximum atomic E-state index is 11.6. The van der Waals surface area contributed by atoms with Crippen molar-refractivity contribution < 1.29 is 9.53 Å². The Kier molecular flexibility index (Phi) is 6.68. The highest BCUT2D eigenvalue weighted by molar-refractivity contribution is 7.12. The molecule has 0 saturated carbocycles. The predicted molar refractivity (Wildman–Crippen MR) is 88.9 cm³/mol. The van der Waals surface area contributed by atoms with Crippen molar-refractivity contribution in [2.24, 2.45) is 0 Å². The monoisotopic (exact) mass is 312 g/mol. The number of aryl methyl sites for hydroxylation is 2. The number of nitrogens with one attached hydrogen (secondary N) is 2. The van der Waals surface area contributed by atoms with Crippen molar-refractivity contribution in [3.05, 3.63) is 21.4 Å². The number of carbonyl (C=O) groups excluding carboxylic acids is 1. The lowest BCUT2D eigenvalue weighted by atomic mass is 10.2. The van der Waals surface area contributed by atoms with Gasteiger partial charge in [0.1, 0.15) is 5.60 Å². The fourth-order valence-electron chi connectivity index (χ4n) is 1.98. The van der Waals surface area contributed by atoms with E-state index < -0.39 is 5.60 Å². The summed E-state index contributed by atoms with van der Waals surface area (Å²) in [6.07, 6.45) is 0.529. The maximum absolute atomic E-state index is 11.6. The first-order valence-corrected chi connectivity index (χ1v) is 8.25. The van der Waals surface area contributed by atoms with Crippen molar-refractivity contribution in [1.29, 1.82) is 0 Å². The lowest BCUT2D eigenvalue weighted by Gasteiger charge is -2.22. The molecule has 0 spiro atoms. The molecule has 0 saturated heterocycles. The number of alkyl carbamates (subject to hydrolysis) is 1. The van der Waals surface area contributed by atoms with Crippen LogP contribution in [-0.2, 0) is 11.3 Å². The van der Waals surface area contributed by atoms with E-state index in [9.17, 15) is 4.79 Å². The van der Waals surface area contributed by atoms with E-state index in [1.807, 2.05) is 39.0 Å². The summed E-state index contributed by atoms with van der Waals surface area (Å²) in [5, 5.41) is 6.27. The van der Waals surface area contributed by atoms with Crippen LogP contribution in [0.3, 0.4) is 0 Å². The summed E-state index contributed by atoms with van der Waals surface area (Å²) in [4.78, 5) is 14.3. The first-order chi connectivity index (χ1) is 9.67. The summed E-state index contributed by atoms with van der Waals surface area (Å²) in [5.41, 5.74) is 0.918. The molecule has 0 aromatic carbocycles. The van der Waals surface area contributed by atoms with Crippen LogP contribution in [-0.4, -0.2) is 24.3 Å². The maximum Gasteiger partial charge on any atom is 0.407 e. The number of hydrogen-bond donors (Lipinski definition) is 2. The fraction of sp³-hybridized carbons (Fsp3) is 0.688. The summed E-state index contributed by atoms with van der Waals surface area (Å²) < 4.78 is 5.23.